The highest BCUT2D eigenvalue weighted by Gasteiger charge is 2.24. The number of benzene rings is 1. The van der Waals surface area contributed by atoms with Gasteiger partial charge in [-0.3, -0.25) is 0 Å². The quantitative estimate of drug-likeness (QED) is 0.846. The van der Waals surface area contributed by atoms with E-state index in [1.54, 1.807) is 0 Å². The van der Waals surface area contributed by atoms with Crippen molar-refractivity contribution < 1.29 is 4.42 Å². The van der Waals surface area contributed by atoms with Gasteiger partial charge in [0.15, 0.2) is 0 Å². The van der Waals surface area contributed by atoms with Crippen LogP contribution in [-0.2, 0) is 0 Å². The Kier molecular flexibility index (Phi) is 4.07. The van der Waals surface area contributed by atoms with Crippen molar-refractivity contribution >= 4 is 11.0 Å². The zero-order valence-corrected chi connectivity index (χ0v) is 11.7. The molecule has 2 unspecified atom stereocenters. The fourth-order valence-corrected chi connectivity index (χ4v) is 2.31. The summed E-state index contributed by atoms with van der Waals surface area (Å²) in [6.45, 7) is 9.90. The van der Waals surface area contributed by atoms with E-state index in [9.17, 15) is 0 Å². The van der Waals surface area contributed by atoms with Crippen LogP contribution in [0.3, 0.4) is 0 Å². The van der Waals surface area contributed by atoms with Crippen molar-refractivity contribution in [3.8, 4) is 0 Å². The third-order valence-electron chi connectivity index (χ3n) is 3.75. The lowest BCUT2D eigenvalue weighted by Gasteiger charge is -2.25. The molecule has 0 amide bonds. The summed E-state index contributed by atoms with van der Waals surface area (Å²) in [5.74, 6) is 2.23. The minimum absolute atomic E-state index is 0.294. The number of hydrogen-bond acceptors (Lipinski definition) is 2. The van der Waals surface area contributed by atoms with Crippen molar-refractivity contribution in [2.45, 2.75) is 33.7 Å². The predicted octanol–water partition coefficient (Wildman–Crippen LogP) is 4.38. The Labute approximate surface area is 109 Å². The molecule has 1 N–H and O–H groups in total. The van der Waals surface area contributed by atoms with E-state index >= 15 is 0 Å². The van der Waals surface area contributed by atoms with E-state index in [0.29, 0.717) is 17.9 Å². The van der Waals surface area contributed by atoms with Crippen LogP contribution in [0.15, 0.2) is 34.7 Å². The fourth-order valence-electron chi connectivity index (χ4n) is 2.31. The summed E-state index contributed by atoms with van der Waals surface area (Å²) in [5.41, 5.74) is 0.978. The molecule has 98 valence electrons. The molecule has 1 aromatic heterocycles. The number of nitrogens with one attached hydrogen (secondary N) is 1. The average molecular weight is 245 g/mol. The highest BCUT2D eigenvalue weighted by Crippen LogP contribution is 2.31. The Balaban J connectivity index is 2.35. The van der Waals surface area contributed by atoms with E-state index < -0.39 is 0 Å². The first kappa shape index (κ1) is 13.2. The summed E-state index contributed by atoms with van der Waals surface area (Å²) >= 11 is 0. The van der Waals surface area contributed by atoms with Crippen molar-refractivity contribution in [2.75, 3.05) is 6.54 Å². The molecule has 0 saturated heterocycles. The van der Waals surface area contributed by atoms with Gasteiger partial charge in [-0.1, -0.05) is 45.9 Å². The predicted molar refractivity (Wildman–Crippen MR) is 76.6 cm³/mol. The third kappa shape index (κ3) is 2.59. The van der Waals surface area contributed by atoms with Gasteiger partial charge in [0.1, 0.15) is 11.3 Å². The number of para-hydroxylation sites is 1. The molecule has 2 atom stereocenters. The highest BCUT2D eigenvalue weighted by molar-refractivity contribution is 5.77. The lowest BCUT2D eigenvalue weighted by molar-refractivity contribution is 0.275. The maximum Gasteiger partial charge on any atom is 0.134 e. The summed E-state index contributed by atoms with van der Waals surface area (Å²) in [6.07, 6.45) is 0. The van der Waals surface area contributed by atoms with Gasteiger partial charge in [0.25, 0.3) is 0 Å². The van der Waals surface area contributed by atoms with E-state index in [1.165, 1.54) is 5.39 Å². The van der Waals surface area contributed by atoms with Crippen LogP contribution in [0.1, 0.15) is 39.5 Å². The van der Waals surface area contributed by atoms with Crippen LogP contribution in [0.4, 0.5) is 0 Å². The van der Waals surface area contributed by atoms with E-state index in [-0.39, 0.29) is 0 Å². The second-order valence-corrected chi connectivity index (χ2v) is 5.33. The standard InChI is InChI=1S/C16H23NO/c1-5-17-16(12(4)11(2)3)15-10-13-8-6-7-9-14(13)18-15/h6-12,16-17H,5H2,1-4H3. The first-order chi connectivity index (χ1) is 8.63. The van der Waals surface area contributed by atoms with Gasteiger partial charge in [-0.25, -0.2) is 0 Å². The van der Waals surface area contributed by atoms with Crippen molar-refractivity contribution in [1.29, 1.82) is 0 Å². The third-order valence-corrected chi connectivity index (χ3v) is 3.75. The molecule has 2 aromatic rings. The van der Waals surface area contributed by atoms with Gasteiger partial charge in [-0.05, 0) is 30.5 Å². The van der Waals surface area contributed by atoms with Crippen molar-refractivity contribution in [2.24, 2.45) is 11.8 Å². The smallest absolute Gasteiger partial charge is 0.134 e. The van der Waals surface area contributed by atoms with E-state index in [1.807, 2.05) is 12.1 Å². The van der Waals surface area contributed by atoms with Crippen LogP contribution < -0.4 is 5.32 Å². The van der Waals surface area contributed by atoms with Crippen LogP contribution in [0.2, 0.25) is 0 Å². The summed E-state index contributed by atoms with van der Waals surface area (Å²) in [5, 5.41) is 4.73. The molecule has 0 saturated carbocycles. The summed E-state index contributed by atoms with van der Waals surface area (Å²) < 4.78 is 5.99. The largest absolute Gasteiger partial charge is 0.459 e. The summed E-state index contributed by atoms with van der Waals surface area (Å²) in [6, 6.07) is 10.7. The Hall–Kier alpha value is -1.28. The molecule has 0 fully saturated rings. The molecule has 1 heterocycles. The van der Waals surface area contributed by atoms with Gasteiger partial charge >= 0.3 is 0 Å². The second-order valence-electron chi connectivity index (χ2n) is 5.33. The van der Waals surface area contributed by atoms with Gasteiger partial charge < -0.3 is 9.73 Å². The lowest BCUT2D eigenvalue weighted by atomic mass is 9.89. The summed E-state index contributed by atoms with van der Waals surface area (Å²) in [7, 11) is 0. The number of hydrogen-bond donors (Lipinski definition) is 1. The molecule has 2 rings (SSSR count). The molecule has 18 heavy (non-hydrogen) atoms. The van der Waals surface area contributed by atoms with E-state index in [4.69, 9.17) is 4.42 Å². The van der Waals surface area contributed by atoms with Crippen LogP contribution in [0, 0.1) is 11.8 Å². The van der Waals surface area contributed by atoms with Gasteiger partial charge in [0, 0.05) is 5.39 Å². The molecule has 1 aromatic carbocycles. The molecule has 0 radical (unpaired) electrons. The van der Waals surface area contributed by atoms with E-state index in [0.717, 1.165) is 17.9 Å². The van der Waals surface area contributed by atoms with Gasteiger partial charge in [-0.15, -0.1) is 0 Å². The molecule has 0 spiro atoms. The molecule has 0 aliphatic rings. The molecule has 0 aliphatic carbocycles. The Morgan fingerprint density at radius 1 is 1.17 bits per heavy atom. The SMILES string of the molecule is CCNC(c1cc2ccccc2o1)C(C)C(C)C. The van der Waals surface area contributed by atoms with Crippen LogP contribution in [0.5, 0.6) is 0 Å². The first-order valence-electron chi connectivity index (χ1n) is 6.85. The van der Waals surface area contributed by atoms with Gasteiger partial charge in [-0.2, -0.15) is 0 Å². The maximum atomic E-state index is 5.99. The average Bonchev–Trinajstić information content (AvgIpc) is 2.78. The van der Waals surface area contributed by atoms with Gasteiger partial charge in [0.2, 0.25) is 0 Å². The monoisotopic (exact) mass is 245 g/mol. The molecular formula is C16H23NO. The number of rotatable bonds is 5. The van der Waals surface area contributed by atoms with Crippen molar-refractivity contribution in [3.63, 3.8) is 0 Å². The topological polar surface area (TPSA) is 25.2 Å². The summed E-state index contributed by atoms with van der Waals surface area (Å²) in [4.78, 5) is 0. The zero-order valence-electron chi connectivity index (χ0n) is 11.7. The molecular weight excluding hydrogens is 222 g/mol. The van der Waals surface area contributed by atoms with Gasteiger partial charge in [0.05, 0.1) is 6.04 Å². The molecule has 2 nitrogen and oxygen atoms in total. The normalized spacial score (nSPS) is 15.2. The van der Waals surface area contributed by atoms with E-state index in [2.05, 4.69) is 51.2 Å². The molecule has 2 heteroatoms. The molecule has 0 aliphatic heterocycles. The number of furan rings is 1. The minimum atomic E-state index is 0.294. The van der Waals surface area contributed by atoms with Crippen LogP contribution in [0.25, 0.3) is 11.0 Å². The van der Waals surface area contributed by atoms with Crippen molar-refractivity contribution in [1.82, 2.24) is 5.32 Å². The second kappa shape index (κ2) is 5.57. The Morgan fingerprint density at radius 2 is 1.89 bits per heavy atom. The zero-order chi connectivity index (χ0) is 13.1. The fraction of sp³-hybridized carbons (Fsp3) is 0.500. The van der Waals surface area contributed by atoms with Crippen molar-refractivity contribution in [3.05, 3.63) is 36.1 Å². The first-order valence-corrected chi connectivity index (χ1v) is 6.85. The van der Waals surface area contributed by atoms with Crippen LogP contribution >= 0.6 is 0 Å². The number of fused-ring (bicyclic) bond motifs is 1. The maximum absolute atomic E-state index is 5.99. The van der Waals surface area contributed by atoms with Crippen LogP contribution in [-0.4, -0.2) is 6.54 Å². The lowest BCUT2D eigenvalue weighted by Crippen LogP contribution is -2.29. The minimum Gasteiger partial charge on any atom is -0.459 e. The molecule has 0 bridgehead atoms. The highest BCUT2D eigenvalue weighted by atomic mass is 16.3. The Morgan fingerprint density at radius 3 is 2.50 bits per heavy atom. The Bertz CT molecular complexity index is 468.